The first kappa shape index (κ1) is 17.3. The molecule has 0 saturated heterocycles. The molecule has 2 rings (SSSR count). The van der Waals surface area contributed by atoms with Crippen LogP contribution in [0.5, 0.6) is 0 Å². The van der Waals surface area contributed by atoms with E-state index < -0.39 is 0 Å². The van der Waals surface area contributed by atoms with Crippen LogP contribution in [0, 0.1) is 0 Å². The summed E-state index contributed by atoms with van der Waals surface area (Å²) in [4.78, 5) is 27.7. The molecule has 0 aliphatic carbocycles. The van der Waals surface area contributed by atoms with Crippen LogP contribution in [0.15, 0.2) is 35.7 Å². The first-order valence-corrected chi connectivity index (χ1v) is 8.74. The van der Waals surface area contributed by atoms with Crippen LogP contribution in [0.2, 0.25) is 0 Å². The van der Waals surface area contributed by atoms with E-state index in [2.05, 4.69) is 17.1 Å². The highest BCUT2D eigenvalue weighted by Gasteiger charge is 2.13. The van der Waals surface area contributed by atoms with Crippen molar-refractivity contribution in [3.05, 3.63) is 52.0 Å². The van der Waals surface area contributed by atoms with Gasteiger partial charge in [0.25, 0.3) is 0 Å². The molecule has 1 aromatic heterocycles. The summed E-state index contributed by atoms with van der Waals surface area (Å²) in [5, 5.41) is 2.25. The lowest BCUT2D eigenvalue weighted by Crippen LogP contribution is -2.08. The Morgan fingerprint density at radius 2 is 1.96 bits per heavy atom. The highest BCUT2D eigenvalue weighted by molar-refractivity contribution is 7.11. The van der Waals surface area contributed by atoms with E-state index in [-0.39, 0.29) is 18.2 Å². The molecule has 0 bridgehead atoms. The minimum absolute atomic E-state index is 0.0539. The summed E-state index contributed by atoms with van der Waals surface area (Å²) in [6.07, 6.45) is 3.45. The molecule has 122 valence electrons. The van der Waals surface area contributed by atoms with Gasteiger partial charge in [-0.15, -0.1) is 11.3 Å². The Morgan fingerprint density at radius 1 is 1.17 bits per heavy atom. The molecule has 4 nitrogen and oxygen atoms in total. The minimum Gasteiger partial charge on any atom is -0.466 e. The third-order valence-electron chi connectivity index (χ3n) is 3.38. The number of carbonyl (C=O) groups is 2. The molecule has 0 saturated carbocycles. The molecule has 0 radical (unpaired) electrons. The van der Waals surface area contributed by atoms with Crippen molar-refractivity contribution in [1.29, 1.82) is 0 Å². The van der Waals surface area contributed by atoms with E-state index in [4.69, 9.17) is 4.74 Å². The number of nitrogens with zero attached hydrogens (tertiary/aromatic N) is 1. The van der Waals surface area contributed by atoms with Crippen LogP contribution in [-0.2, 0) is 22.4 Å². The summed E-state index contributed by atoms with van der Waals surface area (Å²) in [5.41, 5.74) is 1.91. The van der Waals surface area contributed by atoms with Crippen molar-refractivity contribution in [1.82, 2.24) is 4.98 Å². The van der Waals surface area contributed by atoms with E-state index >= 15 is 0 Å². The maximum absolute atomic E-state index is 12.1. The topological polar surface area (TPSA) is 56.3 Å². The van der Waals surface area contributed by atoms with Gasteiger partial charge >= 0.3 is 5.97 Å². The summed E-state index contributed by atoms with van der Waals surface area (Å²) in [5.74, 6) is -0.252. The lowest BCUT2D eigenvalue weighted by Gasteiger charge is -2.00. The van der Waals surface area contributed by atoms with Crippen LogP contribution in [0.1, 0.15) is 47.2 Å². The van der Waals surface area contributed by atoms with Crippen LogP contribution in [0.3, 0.4) is 0 Å². The Labute approximate surface area is 140 Å². The van der Waals surface area contributed by atoms with Crippen LogP contribution in [-0.4, -0.2) is 23.3 Å². The van der Waals surface area contributed by atoms with Gasteiger partial charge in [-0.2, -0.15) is 0 Å². The minimum atomic E-state index is -0.306. The Kier molecular flexibility index (Phi) is 6.94. The summed E-state index contributed by atoms with van der Waals surface area (Å²) in [7, 11) is 0. The summed E-state index contributed by atoms with van der Waals surface area (Å²) >= 11 is 1.30. The number of hydrogen-bond donors (Lipinski definition) is 0. The SMILES string of the molecule is CCOC(=O)Cc1csc(C(=O)CCCCc2ccccc2)n1. The van der Waals surface area contributed by atoms with Gasteiger partial charge in [0.05, 0.1) is 18.7 Å². The summed E-state index contributed by atoms with van der Waals surface area (Å²) in [6, 6.07) is 10.3. The van der Waals surface area contributed by atoms with Crippen molar-refractivity contribution in [2.24, 2.45) is 0 Å². The number of ether oxygens (including phenoxy) is 1. The van der Waals surface area contributed by atoms with Gasteiger partial charge in [-0.1, -0.05) is 30.3 Å². The zero-order valence-corrected chi connectivity index (χ0v) is 14.1. The smallest absolute Gasteiger partial charge is 0.311 e. The number of carbonyl (C=O) groups excluding carboxylic acids is 2. The average Bonchev–Trinajstić information content (AvgIpc) is 3.01. The van der Waals surface area contributed by atoms with Crippen molar-refractivity contribution >= 4 is 23.1 Å². The fourth-order valence-corrected chi connectivity index (χ4v) is 3.03. The molecule has 0 fully saturated rings. The quantitative estimate of drug-likeness (QED) is 0.398. The molecule has 2 aromatic rings. The molecule has 0 N–H and O–H groups in total. The molecule has 0 atom stereocenters. The Morgan fingerprint density at radius 3 is 2.70 bits per heavy atom. The van der Waals surface area contributed by atoms with Crippen molar-refractivity contribution < 1.29 is 14.3 Å². The number of rotatable bonds is 9. The van der Waals surface area contributed by atoms with Crippen molar-refractivity contribution in [2.75, 3.05) is 6.61 Å². The van der Waals surface area contributed by atoms with Crippen LogP contribution in [0.4, 0.5) is 0 Å². The number of ketones is 1. The third-order valence-corrected chi connectivity index (χ3v) is 4.32. The number of esters is 1. The molecule has 0 amide bonds. The maximum atomic E-state index is 12.1. The largest absolute Gasteiger partial charge is 0.466 e. The predicted molar refractivity (Wildman–Crippen MR) is 90.8 cm³/mol. The number of hydrogen-bond acceptors (Lipinski definition) is 5. The van der Waals surface area contributed by atoms with Gasteiger partial charge in [0.15, 0.2) is 10.8 Å². The van der Waals surface area contributed by atoms with E-state index in [1.54, 1.807) is 12.3 Å². The summed E-state index contributed by atoms with van der Waals surface area (Å²) in [6.45, 7) is 2.12. The van der Waals surface area contributed by atoms with Crippen molar-refractivity contribution in [3.63, 3.8) is 0 Å². The van der Waals surface area contributed by atoms with Gasteiger partial charge < -0.3 is 4.74 Å². The van der Waals surface area contributed by atoms with Gasteiger partial charge in [0.2, 0.25) is 0 Å². The molecule has 0 aliphatic rings. The fraction of sp³-hybridized carbons (Fsp3) is 0.389. The van der Waals surface area contributed by atoms with Crippen LogP contribution in [0.25, 0.3) is 0 Å². The number of benzene rings is 1. The average molecular weight is 331 g/mol. The van der Waals surface area contributed by atoms with Gasteiger partial charge in [0, 0.05) is 11.8 Å². The van der Waals surface area contributed by atoms with Crippen LogP contribution < -0.4 is 0 Å². The number of aryl methyl sites for hydroxylation is 1. The van der Waals surface area contributed by atoms with Gasteiger partial charge in [-0.05, 0) is 31.7 Å². The van der Waals surface area contributed by atoms with Gasteiger partial charge in [-0.25, -0.2) is 4.98 Å². The van der Waals surface area contributed by atoms with E-state index in [0.717, 1.165) is 19.3 Å². The van der Waals surface area contributed by atoms with E-state index in [1.165, 1.54) is 16.9 Å². The van der Waals surface area contributed by atoms with Gasteiger partial charge in [-0.3, -0.25) is 9.59 Å². The lowest BCUT2D eigenvalue weighted by molar-refractivity contribution is -0.142. The second kappa shape index (κ2) is 9.20. The standard InChI is InChI=1S/C18H21NO3S/c1-2-22-17(21)12-15-13-23-18(19-15)16(20)11-7-6-10-14-8-4-3-5-9-14/h3-5,8-9,13H,2,6-7,10-12H2,1H3. The molecule has 5 heteroatoms. The Hall–Kier alpha value is -2.01. The van der Waals surface area contributed by atoms with E-state index in [0.29, 0.717) is 23.7 Å². The molecule has 23 heavy (non-hydrogen) atoms. The molecule has 0 spiro atoms. The first-order valence-electron chi connectivity index (χ1n) is 7.86. The zero-order valence-electron chi connectivity index (χ0n) is 13.3. The molecule has 1 aromatic carbocycles. The molecular formula is C18H21NO3S. The molecule has 1 heterocycles. The maximum Gasteiger partial charge on any atom is 0.311 e. The normalized spacial score (nSPS) is 10.5. The molecule has 0 unspecified atom stereocenters. The second-order valence-corrected chi connectivity index (χ2v) is 6.10. The first-order chi connectivity index (χ1) is 11.2. The fourth-order valence-electron chi connectivity index (χ4n) is 2.24. The van der Waals surface area contributed by atoms with Crippen LogP contribution >= 0.6 is 11.3 Å². The lowest BCUT2D eigenvalue weighted by atomic mass is 10.1. The zero-order chi connectivity index (χ0) is 16.5. The number of aromatic nitrogens is 1. The van der Waals surface area contributed by atoms with Crippen molar-refractivity contribution in [3.8, 4) is 0 Å². The number of thiazole rings is 1. The number of Topliss-reactive ketones (excluding diaryl/α,β-unsaturated/α-hetero) is 1. The second-order valence-electron chi connectivity index (χ2n) is 5.24. The van der Waals surface area contributed by atoms with Crippen molar-refractivity contribution in [2.45, 2.75) is 39.0 Å². The Balaban J connectivity index is 1.73. The third kappa shape index (κ3) is 5.94. The van der Waals surface area contributed by atoms with E-state index in [9.17, 15) is 9.59 Å². The predicted octanol–water partition coefficient (Wildman–Crippen LogP) is 3.84. The monoisotopic (exact) mass is 331 g/mol. The number of unbranched alkanes of at least 4 members (excludes halogenated alkanes) is 1. The highest BCUT2D eigenvalue weighted by Crippen LogP contribution is 2.15. The van der Waals surface area contributed by atoms with E-state index in [1.807, 2.05) is 18.2 Å². The Bertz CT molecular complexity index is 637. The molecular weight excluding hydrogens is 310 g/mol. The van der Waals surface area contributed by atoms with Gasteiger partial charge in [0.1, 0.15) is 0 Å². The summed E-state index contributed by atoms with van der Waals surface area (Å²) < 4.78 is 4.88. The highest BCUT2D eigenvalue weighted by atomic mass is 32.1. The molecule has 0 aliphatic heterocycles.